The summed E-state index contributed by atoms with van der Waals surface area (Å²) in [5.41, 5.74) is 1.57. The van der Waals surface area contributed by atoms with Crippen LogP contribution in [0.2, 0.25) is 0 Å². The van der Waals surface area contributed by atoms with Crippen LogP contribution < -0.4 is 5.32 Å². The van der Waals surface area contributed by atoms with Gasteiger partial charge in [0.15, 0.2) is 11.6 Å². The van der Waals surface area contributed by atoms with Gasteiger partial charge in [0.1, 0.15) is 12.6 Å². The molecule has 0 aliphatic carbocycles. The molecule has 0 bridgehead atoms. The van der Waals surface area contributed by atoms with Crippen molar-refractivity contribution in [1.82, 2.24) is 4.31 Å². The molecule has 1 unspecified atom stereocenters. The third-order valence-electron chi connectivity index (χ3n) is 6.18. The van der Waals surface area contributed by atoms with E-state index in [9.17, 15) is 27.9 Å². The summed E-state index contributed by atoms with van der Waals surface area (Å²) >= 11 is 1.10. The van der Waals surface area contributed by atoms with E-state index in [2.05, 4.69) is 5.32 Å². The van der Waals surface area contributed by atoms with Gasteiger partial charge in [0.05, 0.1) is 16.4 Å². The molecular formula is C28H22N2O6S2. The molecule has 0 saturated heterocycles. The van der Waals surface area contributed by atoms with Crippen molar-refractivity contribution < 1.29 is 27.9 Å². The maximum absolute atomic E-state index is 13.4. The number of ketones is 2. The molecule has 5 rings (SSSR count). The van der Waals surface area contributed by atoms with Crippen LogP contribution in [0, 0.1) is 0 Å². The first-order chi connectivity index (χ1) is 18.3. The Kier molecular flexibility index (Phi) is 7.04. The van der Waals surface area contributed by atoms with Gasteiger partial charge in [0.25, 0.3) is 5.91 Å². The lowest BCUT2D eigenvalue weighted by molar-refractivity contribution is -0.125. The number of hydrogen-bond donors (Lipinski definition) is 2. The molecule has 192 valence electrons. The zero-order valence-electron chi connectivity index (χ0n) is 19.9. The maximum atomic E-state index is 13.4. The highest BCUT2D eigenvalue weighted by molar-refractivity contribution is 7.89. The predicted molar refractivity (Wildman–Crippen MR) is 143 cm³/mol. The van der Waals surface area contributed by atoms with Crippen LogP contribution in [0.1, 0.15) is 42.8 Å². The van der Waals surface area contributed by atoms with Crippen molar-refractivity contribution in [2.24, 2.45) is 0 Å². The van der Waals surface area contributed by atoms with Gasteiger partial charge in [-0.25, -0.2) is 8.42 Å². The van der Waals surface area contributed by atoms with E-state index in [-0.39, 0.29) is 22.8 Å². The number of amides is 1. The van der Waals surface area contributed by atoms with Gasteiger partial charge in [0.2, 0.25) is 10.0 Å². The standard InChI is InChI=1S/C28H22N2O6S2/c31-17-22(32)26(18-8-3-1-4-9-18)30-16-23-24(38(30,35)36)15-25(37-23)29-28(34)21-13-7-12-20(14-21)27(33)19-10-5-2-6-11-19/h1-15,26,31H,16-17H2,(H,29,34). The molecule has 38 heavy (non-hydrogen) atoms. The Labute approximate surface area is 223 Å². The number of thiophene rings is 1. The SMILES string of the molecule is O=C(Nc1cc2c(s1)CN(C(C(=O)CO)c1ccccc1)S2(=O)=O)c1cccc(C(=O)c2ccccc2)c1. The predicted octanol–water partition coefficient (Wildman–Crippen LogP) is 4.04. The highest BCUT2D eigenvalue weighted by Gasteiger charge is 2.44. The summed E-state index contributed by atoms with van der Waals surface area (Å²) in [6.45, 7) is -0.864. The highest BCUT2D eigenvalue weighted by Crippen LogP contribution is 2.43. The number of aliphatic hydroxyl groups is 1. The van der Waals surface area contributed by atoms with Gasteiger partial charge in [-0.2, -0.15) is 4.31 Å². The fourth-order valence-electron chi connectivity index (χ4n) is 4.36. The number of carbonyl (C=O) groups excluding carboxylic acids is 3. The molecule has 1 aromatic heterocycles. The second-order valence-electron chi connectivity index (χ2n) is 8.62. The van der Waals surface area contributed by atoms with Gasteiger partial charge >= 0.3 is 0 Å². The molecule has 0 spiro atoms. The van der Waals surface area contributed by atoms with Gasteiger partial charge < -0.3 is 10.4 Å². The molecule has 1 amide bonds. The normalized spacial score (nSPS) is 15.0. The third-order valence-corrected chi connectivity index (χ3v) is 9.22. The average molecular weight is 547 g/mol. The van der Waals surface area contributed by atoms with E-state index in [0.29, 0.717) is 26.6 Å². The molecule has 1 atom stereocenters. The average Bonchev–Trinajstić information content (AvgIpc) is 3.45. The fourth-order valence-corrected chi connectivity index (χ4v) is 7.60. The summed E-state index contributed by atoms with van der Waals surface area (Å²) in [5, 5.41) is 12.5. The minimum absolute atomic E-state index is 0.0116. The zero-order valence-corrected chi connectivity index (χ0v) is 21.5. The lowest BCUT2D eigenvalue weighted by atomic mass is 10.0. The summed E-state index contributed by atoms with van der Waals surface area (Å²) in [7, 11) is -4.06. The van der Waals surface area contributed by atoms with Crippen LogP contribution in [0.5, 0.6) is 0 Å². The van der Waals surface area contributed by atoms with Crippen molar-refractivity contribution in [1.29, 1.82) is 0 Å². The molecular weight excluding hydrogens is 524 g/mol. The van der Waals surface area contributed by atoms with Gasteiger partial charge in [-0.3, -0.25) is 14.4 Å². The summed E-state index contributed by atoms with van der Waals surface area (Å²) in [4.78, 5) is 38.8. The van der Waals surface area contributed by atoms with Crippen molar-refractivity contribution in [2.75, 3.05) is 11.9 Å². The Morgan fingerprint density at radius 1 is 0.868 bits per heavy atom. The van der Waals surface area contributed by atoms with Crippen LogP contribution in [-0.4, -0.2) is 41.9 Å². The van der Waals surface area contributed by atoms with E-state index < -0.39 is 34.4 Å². The topological polar surface area (TPSA) is 121 Å². The van der Waals surface area contributed by atoms with Crippen molar-refractivity contribution >= 4 is 43.8 Å². The highest BCUT2D eigenvalue weighted by atomic mass is 32.2. The Morgan fingerprint density at radius 2 is 1.50 bits per heavy atom. The van der Waals surface area contributed by atoms with E-state index in [0.717, 1.165) is 15.6 Å². The summed E-state index contributed by atoms with van der Waals surface area (Å²) in [5.74, 6) is -1.33. The summed E-state index contributed by atoms with van der Waals surface area (Å²) in [6, 6.07) is 23.7. The van der Waals surface area contributed by atoms with Crippen LogP contribution in [0.3, 0.4) is 0 Å². The van der Waals surface area contributed by atoms with E-state index in [1.54, 1.807) is 72.8 Å². The molecule has 3 aromatic carbocycles. The van der Waals surface area contributed by atoms with Crippen LogP contribution in [-0.2, 0) is 21.4 Å². The van der Waals surface area contributed by atoms with Gasteiger partial charge in [-0.15, -0.1) is 11.3 Å². The van der Waals surface area contributed by atoms with Gasteiger partial charge in [0, 0.05) is 21.6 Å². The van der Waals surface area contributed by atoms with Crippen LogP contribution in [0.25, 0.3) is 0 Å². The number of hydrogen-bond acceptors (Lipinski definition) is 7. The molecule has 0 saturated carbocycles. The number of sulfonamides is 1. The summed E-state index contributed by atoms with van der Waals surface area (Å²) < 4.78 is 27.9. The molecule has 0 radical (unpaired) electrons. The molecule has 0 fully saturated rings. The molecule has 8 nitrogen and oxygen atoms in total. The van der Waals surface area contributed by atoms with Gasteiger partial charge in [-0.1, -0.05) is 72.8 Å². The van der Waals surface area contributed by atoms with E-state index >= 15 is 0 Å². The van der Waals surface area contributed by atoms with Crippen molar-refractivity contribution in [3.05, 3.63) is 118 Å². The van der Waals surface area contributed by atoms with Crippen molar-refractivity contribution in [3.63, 3.8) is 0 Å². The number of carbonyl (C=O) groups is 3. The van der Waals surface area contributed by atoms with Crippen LogP contribution >= 0.6 is 11.3 Å². The monoisotopic (exact) mass is 546 g/mol. The molecule has 2 heterocycles. The molecule has 1 aliphatic heterocycles. The number of fused-ring (bicyclic) bond motifs is 1. The third kappa shape index (κ3) is 4.82. The number of aliphatic hydroxyl groups excluding tert-OH is 1. The molecule has 2 N–H and O–H groups in total. The first kappa shape index (κ1) is 25.7. The zero-order chi connectivity index (χ0) is 26.9. The first-order valence-electron chi connectivity index (χ1n) is 11.6. The van der Waals surface area contributed by atoms with Crippen LogP contribution in [0.15, 0.2) is 95.9 Å². The number of benzene rings is 3. The second-order valence-corrected chi connectivity index (χ2v) is 11.6. The van der Waals surface area contributed by atoms with E-state index in [1.165, 1.54) is 12.1 Å². The Morgan fingerprint density at radius 3 is 2.16 bits per heavy atom. The van der Waals surface area contributed by atoms with Crippen molar-refractivity contribution in [2.45, 2.75) is 17.5 Å². The number of nitrogens with zero attached hydrogens (tertiary/aromatic N) is 1. The van der Waals surface area contributed by atoms with E-state index in [1.807, 2.05) is 6.07 Å². The Balaban J connectivity index is 1.36. The lowest BCUT2D eigenvalue weighted by Crippen LogP contribution is -2.36. The van der Waals surface area contributed by atoms with Crippen LogP contribution in [0.4, 0.5) is 5.00 Å². The number of rotatable bonds is 8. The minimum atomic E-state index is -4.06. The van der Waals surface area contributed by atoms with E-state index in [4.69, 9.17) is 0 Å². The largest absolute Gasteiger partial charge is 0.389 e. The Hall–Kier alpha value is -3.96. The minimum Gasteiger partial charge on any atom is -0.389 e. The first-order valence-corrected chi connectivity index (χ1v) is 13.9. The quantitative estimate of drug-likeness (QED) is 0.322. The second kappa shape index (κ2) is 10.4. The molecule has 1 aliphatic rings. The molecule has 4 aromatic rings. The van der Waals surface area contributed by atoms with Crippen molar-refractivity contribution in [3.8, 4) is 0 Å². The number of Topliss-reactive ketones (excluding diaryl/α,β-unsaturated/α-hetero) is 1. The number of anilines is 1. The lowest BCUT2D eigenvalue weighted by Gasteiger charge is -2.25. The maximum Gasteiger partial charge on any atom is 0.256 e. The summed E-state index contributed by atoms with van der Waals surface area (Å²) in [6.07, 6.45) is 0. The number of nitrogens with one attached hydrogen (secondary N) is 1. The van der Waals surface area contributed by atoms with Gasteiger partial charge in [-0.05, 0) is 23.8 Å². The Bertz CT molecular complexity index is 1630. The molecule has 10 heteroatoms. The fraction of sp³-hybridized carbons (Fsp3) is 0.107. The smallest absolute Gasteiger partial charge is 0.256 e.